The van der Waals surface area contributed by atoms with Gasteiger partial charge in [0, 0.05) is 16.4 Å². The van der Waals surface area contributed by atoms with Gasteiger partial charge in [-0.2, -0.15) is 5.10 Å². The van der Waals surface area contributed by atoms with Crippen LogP contribution in [0.3, 0.4) is 0 Å². The van der Waals surface area contributed by atoms with Gasteiger partial charge in [-0.05, 0) is 89.2 Å². The molecule has 0 saturated carbocycles. The molecule has 0 fully saturated rings. The van der Waals surface area contributed by atoms with Crippen LogP contribution < -0.4 is 30.3 Å². The summed E-state index contributed by atoms with van der Waals surface area (Å²) in [5, 5.41) is 9.61. The molecule has 3 rings (SSSR count). The lowest BCUT2D eigenvalue weighted by atomic mass is 10.2. The third kappa shape index (κ3) is 7.83. The minimum absolute atomic E-state index is 0.259. The first-order chi connectivity index (χ1) is 18.2. The Labute approximate surface area is 237 Å². The Morgan fingerprint density at radius 2 is 1.74 bits per heavy atom. The standard InChI is InChI=1S/C26H24ClIN4O6/c1-15-19(27)5-4-6-21(15)31-23(33)14-38-24-20(28)11-16(12-22(24)37-3)13-29-32-26(35)25(34)30-17-7-9-18(36-2)10-8-17/h4-13H,14H2,1-3H3,(H,30,34)(H,31,33)(H,32,35)/b29-13-. The summed E-state index contributed by atoms with van der Waals surface area (Å²) < 4.78 is 16.8. The molecule has 0 aliphatic heterocycles. The van der Waals surface area contributed by atoms with Crippen molar-refractivity contribution in [3.05, 3.63) is 74.3 Å². The number of halogens is 2. The lowest BCUT2D eigenvalue weighted by molar-refractivity contribution is -0.136. The molecule has 0 aliphatic rings. The summed E-state index contributed by atoms with van der Waals surface area (Å²) in [5.74, 6) is -0.849. The number of hydrazone groups is 1. The molecular formula is C26H24ClIN4O6. The Morgan fingerprint density at radius 1 is 1.00 bits per heavy atom. The van der Waals surface area contributed by atoms with Gasteiger partial charge in [-0.25, -0.2) is 5.43 Å². The summed E-state index contributed by atoms with van der Waals surface area (Å²) in [7, 11) is 2.99. The number of benzene rings is 3. The van der Waals surface area contributed by atoms with E-state index in [1.807, 2.05) is 22.6 Å². The molecule has 10 nitrogen and oxygen atoms in total. The van der Waals surface area contributed by atoms with Crippen LogP contribution in [0.5, 0.6) is 17.2 Å². The van der Waals surface area contributed by atoms with Crippen molar-refractivity contribution in [1.82, 2.24) is 5.43 Å². The van der Waals surface area contributed by atoms with E-state index in [0.29, 0.717) is 42.8 Å². The zero-order chi connectivity index (χ0) is 27.7. The number of anilines is 2. The van der Waals surface area contributed by atoms with E-state index in [1.165, 1.54) is 20.4 Å². The van der Waals surface area contributed by atoms with Crippen molar-refractivity contribution >= 4 is 69.5 Å². The van der Waals surface area contributed by atoms with Gasteiger partial charge in [0.15, 0.2) is 18.1 Å². The lowest BCUT2D eigenvalue weighted by Crippen LogP contribution is -2.32. The zero-order valence-electron chi connectivity index (χ0n) is 20.6. The minimum Gasteiger partial charge on any atom is -0.497 e. The van der Waals surface area contributed by atoms with Crippen LogP contribution in [0.4, 0.5) is 11.4 Å². The van der Waals surface area contributed by atoms with Crippen molar-refractivity contribution in [3.63, 3.8) is 0 Å². The summed E-state index contributed by atoms with van der Waals surface area (Å²) in [5.41, 5.74) is 4.52. The Morgan fingerprint density at radius 3 is 2.42 bits per heavy atom. The number of nitrogens with one attached hydrogen (secondary N) is 3. The van der Waals surface area contributed by atoms with Crippen molar-refractivity contribution in [2.24, 2.45) is 5.10 Å². The lowest BCUT2D eigenvalue weighted by Gasteiger charge is -2.14. The molecule has 3 aromatic carbocycles. The van der Waals surface area contributed by atoms with E-state index in [4.69, 9.17) is 25.8 Å². The van der Waals surface area contributed by atoms with E-state index in [0.717, 1.165) is 5.56 Å². The topological polar surface area (TPSA) is 127 Å². The monoisotopic (exact) mass is 650 g/mol. The number of rotatable bonds is 9. The maximum Gasteiger partial charge on any atom is 0.329 e. The van der Waals surface area contributed by atoms with E-state index in [9.17, 15) is 14.4 Å². The molecule has 198 valence electrons. The summed E-state index contributed by atoms with van der Waals surface area (Å²) in [6.07, 6.45) is 1.35. The van der Waals surface area contributed by atoms with E-state index < -0.39 is 11.8 Å². The predicted molar refractivity (Wildman–Crippen MR) is 153 cm³/mol. The third-order valence-corrected chi connectivity index (χ3v) is 6.29. The minimum atomic E-state index is -0.945. The SMILES string of the molecule is COc1ccc(NC(=O)C(=O)N/N=C\c2cc(I)c(OCC(=O)Nc3cccc(Cl)c3C)c(OC)c2)cc1. The van der Waals surface area contributed by atoms with Crippen molar-refractivity contribution in [2.45, 2.75) is 6.92 Å². The summed E-state index contributed by atoms with van der Waals surface area (Å²) in [6, 6.07) is 15.1. The fourth-order valence-electron chi connectivity index (χ4n) is 3.10. The summed E-state index contributed by atoms with van der Waals surface area (Å²) in [6.45, 7) is 1.55. The van der Waals surface area contributed by atoms with Crippen molar-refractivity contribution in [2.75, 3.05) is 31.5 Å². The van der Waals surface area contributed by atoms with Gasteiger partial charge >= 0.3 is 11.8 Å². The molecule has 0 unspecified atom stereocenters. The number of hydrogen-bond donors (Lipinski definition) is 3. The fourth-order valence-corrected chi connectivity index (χ4v) is 4.06. The highest BCUT2D eigenvalue weighted by Crippen LogP contribution is 2.33. The second-order valence-corrected chi connectivity index (χ2v) is 9.23. The van der Waals surface area contributed by atoms with Crippen LogP contribution in [0.2, 0.25) is 5.02 Å². The van der Waals surface area contributed by atoms with Crippen LogP contribution >= 0.6 is 34.2 Å². The van der Waals surface area contributed by atoms with Gasteiger partial charge in [0.2, 0.25) is 0 Å². The zero-order valence-corrected chi connectivity index (χ0v) is 23.5. The van der Waals surface area contributed by atoms with Crippen LogP contribution in [-0.4, -0.2) is 44.8 Å². The van der Waals surface area contributed by atoms with Crippen LogP contribution in [-0.2, 0) is 14.4 Å². The molecule has 0 radical (unpaired) electrons. The molecule has 3 aromatic rings. The molecule has 0 saturated heterocycles. The Hall–Kier alpha value is -3.84. The highest BCUT2D eigenvalue weighted by Gasteiger charge is 2.15. The van der Waals surface area contributed by atoms with Gasteiger partial charge in [-0.1, -0.05) is 17.7 Å². The molecule has 12 heteroatoms. The molecule has 0 aliphatic carbocycles. The van der Waals surface area contributed by atoms with Crippen LogP contribution in [0.1, 0.15) is 11.1 Å². The van der Waals surface area contributed by atoms with Gasteiger partial charge in [-0.15, -0.1) is 0 Å². The van der Waals surface area contributed by atoms with Crippen LogP contribution in [0, 0.1) is 10.5 Å². The van der Waals surface area contributed by atoms with Gasteiger partial charge in [0.25, 0.3) is 5.91 Å². The van der Waals surface area contributed by atoms with Gasteiger partial charge in [0.1, 0.15) is 5.75 Å². The molecular weight excluding hydrogens is 627 g/mol. The van der Waals surface area contributed by atoms with E-state index in [-0.39, 0.29) is 12.5 Å². The highest BCUT2D eigenvalue weighted by molar-refractivity contribution is 14.1. The number of ether oxygens (including phenoxy) is 3. The number of nitrogens with zero attached hydrogens (tertiary/aromatic N) is 1. The number of carbonyl (C=O) groups is 3. The molecule has 0 aromatic heterocycles. The Bertz CT molecular complexity index is 1360. The van der Waals surface area contributed by atoms with Crippen LogP contribution in [0.25, 0.3) is 0 Å². The molecule has 38 heavy (non-hydrogen) atoms. The van der Waals surface area contributed by atoms with E-state index in [1.54, 1.807) is 61.5 Å². The third-order valence-electron chi connectivity index (χ3n) is 5.07. The summed E-state index contributed by atoms with van der Waals surface area (Å²) in [4.78, 5) is 36.6. The van der Waals surface area contributed by atoms with Crippen LogP contribution in [0.15, 0.2) is 59.7 Å². The van der Waals surface area contributed by atoms with E-state index >= 15 is 0 Å². The number of hydrogen-bond acceptors (Lipinski definition) is 7. The Kier molecular flexibility index (Phi) is 10.3. The summed E-state index contributed by atoms with van der Waals surface area (Å²) >= 11 is 8.13. The second-order valence-electron chi connectivity index (χ2n) is 7.67. The highest BCUT2D eigenvalue weighted by atomic mass is 127. The first-order valence-corrected chi connectivity index (χ1v) is 12.5. The second kappa shape index (κ2) is 13.6. The normalized spacial score (nSPS) is 10.6. The quantitative estimate of drug-likeness (QED) is 0.137. The fraction of sp³-hybridized carbons (Fsp3) is 0.154. The molecule has 0 atom stereocenters. The van der Waals surface area contributed by atoms with Crippen molar-refractivity contribution in [1.29, 1.82) is 0 Å². The van der Waals surface area contributed by atoms with Crippen molar-refractivity contribution < 1.29 is 28.6 Å². The van der Waals surface area contributed by atoms with Gasteiger partial charge < -0.3 is 24.8 Å². The first kappa shape index (κ1) is 28.7. The molecule has 0 bridgehead atoms. The maximum absolute atomic E-state index is 12.4. The van der Waals surface area contributed by atoms with Gasteiger partial charge in [-0.3, -0.25) is 14.4 Å². The first-order valence-electron chi connectivity index (χ1n) is 11.1. The number of amides is 3. The smallest absolute Gasteiger partial charge is 0.329 e. The molecule has 3 N–H and O–H groups in total. The predicted octanol–water partition coefficient (Wildman–Crippen LogP) is 4.38. The average Bonchev–Trinajstić information content (AvgIpc) is 2.90. The molecule has 0 spiro atoms. The number of carbonyl (C=O) groups excluding carboxylic acids is 3. The molecule has 0 heterocycles. The molecule has 3 amide bonds. The van der Waals surface area contributed by atoms with Crippen molar-refractivity contribution in [3.8, 4) is 17.2 Å². The van der Waals surface area contributed by atoms with Gasteiger partial charge in [0.05, 0.1) is 24.0 Å². The number of methoxy groups -OCH3 is 2. The average molecular weight is 651 g/mol. The maximum atomic E-state index is 12.4. The largest absolute Gasteiger partial charge is 0.497 e. The Balaban J connectivity index is 1.58. The van der Waals surface area contributed by atoms with E-state index in [2.05, 4.69) is 21.2 Å².